The summed E-state index contributed by atoms with van der Waals surface area (Å²) in [7, 11) is 0. The van der Waals surface area contributed by atoms with E-state index in [1.54, 1.807) is 0 Å². The fraction of sp³-hybridized carbons (Fsp3) is 0. The molecule has 0 saturated carbocycles. The average molecular weight is 785 g/mol. The fourth-order valence-corrected chi connectivity index (χ4v) is 11.1. The normalized spacial score (nSPS) is 12.2. The summed E-state index contributed by atoms with van der Waals surface area (Å²) in [6.07, 6.45) is 7.66. The largest absolute Gasteiger partial charge is 0.256 e. The van der Waals surface area contributed by atoms with Crippen LogP contribution in [0.1, 0.15) is 0 Å². The highest BCUT2D eigenvalue weighted by molar-refractivity contribution is 6.36. The van der Waals surface area contributed by atoms with E-state index in [0.29, 0.717) is 0 Å². The van der Waals surface area contributed by atoms with Crippen molar-refractivity contribution < 1.29 is 0 Å². The topological polar surface area (TPSA) is 51.6 Å². The molecule has 2 aliphatic rings. The summed E-state index contributed by atoms with van der Waals surface area (Å²) in [4.78, 5) is 20.5. The van der Waals surface area contributed by atoms with Crippen molar-refractivity contribution >= 4 is 53.9 Å². The molecule has 284 valence electrons. The molecule has 0 saturated heterocycles. The maximum Gasteiger partial charge on any atom is 0.0714 e. The Morgan fingerprint density at radius 2 is 0.516 bits per heavy atom. The van der Waals surface area contributed by atoms with Gasteiger partial charge >= 0.3 is 0 Å². The van der Waals surface area contributed by atoms with Gasteiger partial charge in [0.25, 0.3) is 0 Å². The van der Waals surface area contributed by atoms with Gasteiger partial charge in [0, 0.05) is 80.1 Å². The Kier molecular flexibility index (Phi) is 6.80. The van der Waals surface area contributed by atoms with E-state index < -0.39 is 0 Å². The number of hydrogen-bond acceptors (Lipinski definition) is 4. The molecular weight excluding hydrogens is 753 g/mol. The first-order valence-electron chi connectivity index (χ1n) is 21.1. The number of benzene rings is 8. The van der Waals surface area contributed by atoms with Crippen molar-refractivity contribution in [2.75, 3.05) is 0 Å². The van der Waals surface area contributed by atoms with Crippen LogP contribution < -0.4 is 0 Å². The van der Waals surface area contributed by atoms with Crippen molar-refractivity contribution in [1.29, 1.82) is 0 Å². The lowest BCUT2D eigenvalue weighted by Crippen LogP contribution is -1.99. The van der Waals surface area contributed by atoms with Gasteiger partial charge in [0.1, 0.15) is 0 Å². The first kappa shape index (κ1) is 33.5. The standard InChI is InChI=1S/C58H32N4/c1-5-29-59-43(21-1)51-41-27-25-36-35(49(41)57(45-23-3-7-31-61-45)55-39-19-11-15-33-13-9-17-37(47(33)39)53(51)55)26-28-42-50(36)58(46-24-4-8-32-62-46)56-40-20-12-16-34-14-10-18-38(48(34)40)54(56)52(42)44-22-2-6-30-60-44/h1-32H. The molecule has 0 fully saturated rings. The first-order valence-corrected chi connectivity index (χ1v) is 21.1. The zero-order valence-corrected chi connectivity index (χ0v) is 33.3. The quantitative estimate of drug-likeness (QED) is 0.167. The number of aromatic nitrogens is 4. The fourth-order valence-electron chi connectivity index (χ4n) is 11.1. The van der Waals surface area contributed by atoms with Crippen LogP contribution >= 0.6 is 0 Å². The summed E-state index contributed by atoms with van der Waals surface area (Å²) < 4.78 is 0. The summed E-state index contributed by atoms with van der Waals surface area (Å²) in [6, 6.07) is 61.3. The van der Waals surface area contributed by atoms with Crippen molar-refractivity contribution in [1.82, 2.24) is 19.9 Å². The number of hydrogen-bond donors (Lipinski definition) is 0. The Bertz CT molecular complexity index is 3610. The molecule has 4 nitrogen and oxygen atoms in total. The zero-order chi connectivity index (χ0) is 40.5. The zero-order valence-electron chi connectivity index (χ0n) is 33.3. The second-order valence-electron chi connectivity index (χ2n) is 16.3. The molecule has 0 atom stereocenters. The Morgan fingerprint density at radius 3 is 0.839 bits per heavy atom. The van der Waals surface area contributed by atoms with Crippen molar-refractivity contribution in [3.63, 3.8) is 0 Å². The molecule has 2 aliphatic carbocycles. The molecule has 0 aliphatic heterocycles. The van der Waals surface area contributed by atoms with E-state index in [4.69, 9.17) is 19.9 Å². The number of rotatable bonds is 4. The third kappa shape index (κ3) is 4.40. The monoisotopic (exact) mass is 784 g/mol. The molecule has 0 unspecified atom stereocenters. The van der Waals surface area contributed by atoms with Crippen LogP contribution in [0.4, 0.5) is 0 Å². The Morgan fingerprint density at radius 1 is 0.210 bits per heavy atom. The lowest BCUT2D eigenvalue weighted by Gasteiger charge is -2.23. The van der Waals surface area contributed by atoms with Crippen LogP contribution in [0.15, 0.2) is 195 Å². The highest BCUT2D eigenvalue weighted by Crippen LogP contribution is 2.61. The molecule has 4 heterocycles. The van der Waals surface area contributed by atoms with Crippen LogP contribution in [0.2, 0.25) is 0 Å². The molecule has 4 heteroatoms. The molecular formula is C58H32N4. The molecule has 12 aromatic rings. The second-order valence-corrected chi connectivity index (χ2v) is 16.3. The lowest BCUT2D eigenvalue weighted by molar-refractivity contribution is 1.33. The van der Waals surface area contributed by atoms with Gasteiger partial charge in [-0.25, -0.2) is 0 Å². The van der Waals surface area contributed by atoms with Crippen molar-refractivity contribution in [2.45, 2.75) is 0 Å². The molecule has 0 amide bonds. The van der Waals surface area contributed by atoms with Crippen molar-refractivity contribution in [3.8, 4) is 89.5 Å². The molecule has 14 rings (SSSR count). The Balaban J connectivity index is 1.25. The Hall–Kier alpha value is -8.34. The summed E-state index contributed by atoms with van der Waals surface area (Å²) in [5.74, 6) is 0. The van der Waals surface area contributed by atoms with E-state index in [2.05, 4.69) is 146 Å². The third-order valence-corrected chi connectivity index (χ3v) is 13.3. The van der Waals surface area contributed by atoms with Gasteiger partial charge < -0.3 is 0 Å². The average Bonchev–Trinajstić information content (AvgIpc) is 3.85. The van der Waals surface area contributed by atoms with E-state index in [1.165, 1.54) is 66.1 Å². The lowest BCUT2D eigenvalue weighted by atomic mass is 9.80. The van der Waals surface area contributed by atoms with E-state index >= 15 is 0 Å². The predicted molar refractivity (Wildman–Crippen MR) is 256 cm³/mol. The SMILES string of the molecule is c1ccc(-c2c3c(c(-c4ccccn4)c4c2ccc2c4ccc4c(-c5ccccn5)c5c(c(-c6ccccn6)c42)-c2cccc4cccc-5c24)-c2cccc4cccc-3c24)nc1. The maximum absolute atomic E-state index is 5.15. The summed E-state index contributed by atoms with van der Waals surface area (Å²) >= 11 is 0. The maximum atomic E-state index is 5.15. The molecule has 0 N–H and O–H groups in total. The van der Waals surface area contributed by atoms with E-state index in [1.807, 2.05) is 49.1 Å². The summed E-state index contributed by atoms with van der Waals surface area (Å²) in [5.41, 5.74) is 18.0. The minimum Gasteiger partial charge on any atom is -0.256 e. The molecule has 4 aromatic heterocycles. The smallest absolute Gasteiger partial charge is 0.0714 e. The van der Waals surface area contributed by atoms with Gasteiger partial charge in [0.2, 0.25) is 0 Å². The van der Waals surface area contributed by atoms with Gasteiger partial charge in [0.15, 0.2) is 0 Å². The van der Waals surface area contributed by atoms with Crippen molar-refractivity contribution in [3.05, 3.63) is 195 Å². The van der Waals surface area contributed by atoms with Crippen LogP contribution in [0.5, 0.6) is 0 Å². The van der Waals surface area contributed by atoms with E-state index in [0.717, 1.165) is 77.3 Å². The molecule has 8 aromatic carbocycles. The van der Waals surface area contributed by atoms with Gasteiger partial charge in [0.05, 0.1) is 22.8 Å². The molecule has 0 spiro atoms. The van der Waals surface area contributed by atoms with E-state index in [-0.39, 0.29) is 0 Å². The van der Waals surface area contributed by atoms with Gasteiger partial charge in [-0.2, -0.15) is 0 Å². The number of pyridine rings is 4. The predicted octanol–water partition coefficient (Wildman–Crippen LogP) is 15.0. The van der Waals surface area contributed by atoms with Gasteiger partial charge in [-0.1, -0.05) is 121 Å². The summed E-state index contributed by atoms with van der Waals surface area (Å²) in [6.45, 7) is 0. The number of nitrogens with zero attached hydrogens (tertiary/aromatic N) is 4. The van der Waals surface area contributed by atoms with E-state index in [9.17, 15) is 0 Å². The molecule has 62 heavy (non-hydrogen) atoms. The second kappa shape index (κ2) is 12.6. The molecule has 0 bridgehead atoms. The van der Waals surface area contributed by atoms with Gasteiger partial charge in [-0.3, -0.25) is 19.9 Å². The van der Waals surface area contributed by atoms with Crippen LogP contribution in [-0.2, 0) is 0 Å². The highest BCUT2D eigenvalue weighted by atomic mass is 14.7. The third-order valence-electron chi connectivity index (χ3n) is 13.3. The molecule has 0 radical (unpaired) electrons. The highest BCUT2D eigenvalue weighted by Gasteiger charge is 2.34. The minimum absolute atomic E-state index is 0.939. The van der Waals surface area contributed by atoms with Crippen molar-refractivity contribution in [2.24, 2.45) is 0 Å². The van der Waals surface area contributed by atoms with Crippen LogP contribution in [0, 0.1) is 0 Å². The first-order chi connectivity index (χ1) is 30.8. The van der Waals surface area contributed by atoms with Crippen LogP contribution in [0.3, 0.4) is 0 Å². The van der Waals surface area contributed by atoms with Gasteiger partial charge in [-0.15, -0.1) is 0 Å². The van der Waals surface area contributed by atoms with Crippen LogP contribution in [-0.4, -0.2) is 19.9 Å². The minimum atomic E-state index is 0.939. The Labute approximate surface area is 356 Å². The summed E-state index contributed by atoms with van der Waals surface area (Å²) in [5, 5.41) is 11.9. The van der Waals surface area contributed by atoms with Crippen LogP contribution in [0.25, 0.3) is 143 Å². The van der Waals surface area contributed by atoms with Gasteiger partial charge in [-0.05, 0) is 114 Å². The number of fused-ring (bicyclic) bond motifs is 11.